The summed E-state index contributed by atoms with van der Waals surface area (Å²) in [5.74, 6) is 0.863. The second-order valence-corrected chi connectivity index (χ2v) is 5.83. The molecule has 0 radical (unpaired) electrons. The van der Waals surface area contributed by atoms with Crippen LogP contribution in [-0.4, -0.2) is 27.9 Å². The summed E-state index contributed by atoms with van der Waals surface area (Å²) in [6, 6.07) is 6.71. The molecule has 0 saturated carbocycles. The molecule has 21 heavy (non-hydrogen) atoms. The summed E-state index contributed by atoms with van der Waals surface area (Å²) in [6.07, 6.45) is 8.33. The smallest absolute Gasteiger partial charge is 0.146 e. The molecule has 1 saturated heterocycles. The topological polar surface area (TPSA) is 57.7 Å². The number of hydrogen-bond acceptors (Lipinski definition) is 4. The Balaban J connectivity index is 1.60. The van der Waals surface area contributed by atoms with Crippen LogP contribution in [0.15, 0.2) is 24.5 Å². The van der Waals surface area contributed by atoms with Crippen molar-refractivity contribution in [1.29, 1.82) is 5.26 Å². The first-order chi connectivity index (χ1) is 10.3. The van der Waals surface area contributed by atoms with Gasteiger partial charge in [0.15, 0.2) is 0 Å². The molecule has 4 rings (SSSR count). The minimum atomic E-state index is 0.393. The molecule has 3 heterocycles. The number of aromatic nitrogens is 3. The van der Waals surface area contributed by atoms with E-state index in [0.29, 0.717) is 6.04 Å². The van der Waals surface area contributed by atoms with E-state index in [-0.39, 0.29) is 0 Å². The highest BCUT2D eigenvalue weighted by Crippen LogP contribution is 2.31. The molecule has 2 aromatic rings. The Hall–Kier alpha value is -2.35. The van der Waals surface area contributed by atoms with Crippen LogP contribution in [0.4, 0.5) is 5.82 Å². The lowest BCUT2D eigenvalue weighted by Crippen LogP contribution is -2.48. The number of anilines is 1. The summed E-state index contributed by atoms with van der Waals surface area (Å²) in [6.45, 7) is 1.75. The molecular formula is C16H17N5. The van der Waals surface area contributed by atoms with Crippen LogP contribution in [0.2, 0.25) is 0 Å². The van der Waals surface area contributed by atoms with Crippen molar-refractivity contribution in [2.75, 3.05) is 18.0 Å². The molecule has 106 valence electrons. The Morgan fingerprint density at radius 2 is 2.10 bits per heavy atom. The van der Waals surface area contributed by atoms with Crippen LogP contribution in [0, 0.1) is 11.3 Å². The lowest BCUT2D eigenvalue weighted by Gasteiger charge is -2.40. The molecule has 0 unspecified atom stereocenters. The summed E-state index contributed by atoms with van der Waals surface area (Å²) in [5, 5.41) is 13.7. The molecule has 0 N–H and O–H groups in total. The van der Waals surface area contributed by atoms with E-state index >= 15 is 0 Å². The Morgan fingerprint density at radius 3 is 2.86 bits per heavy atom. The predicted molar refractivity (Wildman–Crippen MR) is 79.1 cm³/mol. The van der Waals surface area contributed by atoms with Crippen LogP contribution in [0.25, 0.3) is 0 Å². The number of nitriles is 1. The number of pyridine rings is 1. The maximum atomic E-state index is 9.40. The van der Waals surface area contributed by atoms with Crippen molar-refractivity contribution in [3.05, 3.63) is 41.3 Å². The highest BCUT2D eigenvalue weighted by molar-refractivity contribution is 5.58. The Labute approximate surface area is 123 Å². The Bertz CT molecular complexity index is 692. The average Bonchev–Trinajstić information content (AvgIpc) is 2.99. The number of aryl methyl sites for hydroxylation is 2. The van der Waals surface area contributed by atoms with E-state index in [4.69, 9.17) is 4.98 Å². The van der Waals surface area contributed by atoms with Gasteiger partial charge in [-0.2, -0.15) is 10.4 Å². The first-order valence-electron chi connectivity index (χ1n) is 7.52. The predicted octanol–water partition coefficient (Wildman–Crippen LogP) is 2.09. The maximum absolute atomic E-state index is 9.40. The third kappa shape index (κ3) is 2.07. The third-order valence-corrected chi connectivity index (χ3v) is 4.46. The fourth-order valence-electron chi connectivity index (χ4n) is 3.24. The van der Waals surface area contributed by atoms with Gasteiger partial charge in [0, 0.05) is 31.2 Å². The lowest BCUT2D eigenvalue weighted by atomic mass is 9.94. The monoisotopic (exact) mass is 279 g/mol. The van der Waals surface area contributed by atoms with Gasteiger partial charge in [-0.3, -0.25) is 4.68 Å². The standard InChI is InChI=1S/C16H17N5/c17-9-13-8-12-4-1-2-5-15(12)19-16(13)20-10-14(11-20)21-7-3-6-18-21/h3,6-8,14H,1-2,4-5,10-11H2. The molecular weight excluding hydrogens is 262 g/mol. The van der Waals surface area contributed by atoms with Gasteiger partial charge in [-0.15, -0.1) is 0 Å². The van der Waals surface area contributed by atoms with Crippen LogP contribution in [0.3, 0.4) is 0 Å². The molecule has 0 aromatic carbocycles. The van der Waals surface area contributed by atoms with Gasteiger partial charge < -0.3 is 4.90 Å². The zero-order chi connectivity index (χ0) is 14.2. The van der Waals surface area contributed by atoms with Gasteiger partial charge in [0.25, 0.3) is 0 Å². The van der Waals surface area contributed by atoms with Gasteiger partial charge >= 0.3 is 0 Å². The van der Waals surface area contributed by atoms with Crippen LogP contribution in [0.1, 0.15) is 35.7 Å². The zero-order valence-corrected chi connectivity index (χ0v) is 11.9. The summed E-state index contributed by atoms with van der Waals surface area (Å²) in [7, 11) is 0. The molecule has 0 amide bonds. The van der Waals surface area contributed by atoms with Gasteiger partial charge in [-0.25, -0.2) is 4.98 Å². The summed E-state index contributed by atoms with van der Waals surface area (Å²) in [4.78, 5) is 6.99. The Kier molecular flexibility index (Phi) is 2.88. The van der Waals surface area contributed by atoms with Crippen molar-refractivity contribution in [3.63, 3.8) is 0 Å². The Morgan fingerprint density at radius 1 is 1.24 bits per heavy atom. The van der Waals surface area contributed by atoms with Crippen LogP contribution < -0.4 is 4.90 Å². The van der Waals surface area contributed by atoms with Crippen molar-refractivity contribution < 1.29 is 0 Å². The summed E-state index contributed by atoms with van der Waals surface area (Å²) in [5.41, 5.74) is 3.18. The molecule has 2 aromatic heterocycles. The van der Waals surface area contributed by atoms with Crippen LogP contribution >= 0.6 is 0 Å². The molecule has 1 aliphatic heterocycles. The summed E-state index contributed by atoms with van der Waals surface area (Å²) >= 11 is 0. The van der Waals surface area contributed by atoms with Crippen LogP contribution in [0.5, 0.6) is 0 Å². The quantitative estimate of drug-likeness (QED) is 0.844. The van der Waals surface area contributed by atoms with Crippen molar-refractivity contribution in [1.82, 2.24) is 14.8 Å². The molecule has 1 aliphatic carbocycles. The highest BCUT2D eigenvalue weighted by atomic mass is 15.4. The van der Waals surface area contributed by atoms with E-state index in [1.165, 1.54) is 24.1 Å². The fourth-order valence-corrected chi connectivity index (χ4v) is 3.24. The lowest BCUT2D eigenvalue weighted by molar-refractivity contribution is 0.365. The normalized spacial score (nSPS) is 18.0. The van der Waals surface area contributed by atoms with Crippen LogP contribution in [-0.2, 0) is 12.8 Å². The number of hydrogen-bond donors (Lipinski definition) is 0. The number of fused-ring (bicyclic) bond motifs is 1. The fraction of sp³-hybridized carbons (Fsp3) is 0.438. The van der Waals surface area contributed by atoms with E-state index in [0.717, 1.165) is 37.3 Å². The first-order valence-corrected chi connectivity index (χ1v) is 7.52. The van der Waals surface area contributed by atoms with E-state index < -0.39 is 0 Å². The number of nitrogens with zero attached hydrogens (tertiary/aromatic N) is 5. The van der Waals surface area contributed by atoms with Crippen molar-refractivity contribution in [2.45, 2.75) is 31.7 Å². The first kappa shape index (κ1) is 12.4. The maximum Gasteiger partial charge on any atom is 0.146 e. The van der Waals surface area contributed by atoms with Crippen molar-refractivity contribution in [3.8, 4) is 6.07 Å². The molecule has 0 bridgehead atoms. The molecule has 0 atom stereocenters. The van der Waals surface area contributed by atoms with Gasteiger partial charge in [-0.1, -0.05) is 0 Å². The molecule has 0 spiro atoms. The molecule has 1 fully saturated rings. The number of rotatable bonds is 2. The average molecular weight is 279 g/mol. The van der Waals surface area contributed by atoms with Crippen molar-refractivity contribution in [2.24, 2.45) is 0 Å². The van der Waals surface area contributed by atoms with Gasteiger partial charge in [0.1, 0.15) is 11.9 Å². The minimum absolute atomic E-state index is 0.393. The second kappa shape index (κ2) is 4.88. The third-order valence-electron chi connectivity index (χ3n) is 4.46. The molecule has 2 aliphatic rings. The SMILES string of the molecule is N#Cc1cc2c(nc1N1CC(n3cccn3)C1)CCCC2. The van der Waals surface area contributed by atoms with Gasteiger partial charge in [0.2, 0.25) is 0 Å². The van der Waals surface area contributed by atoms with E-state index in [2.05, 4.69) is 22.1 Å². The zero-order valence-electron chi connectivity index (χ0n) is 11.9. The minimum Gasteiger partial charge on any atom is -0.351 e. The highest BCUT2D eigenvalue weighted by Gasteiger charge is 2.31. The van der Waals surface area contributed by atoms with E-state index in [1.54, 1.807) is 6.20 Å². The van der Waals surface area contributed by atoms with Crippen molar-refractivity contribution >= 4 is 5.82 Å². The van der Waals surface area contributed by atoms with Gasteiger partial charge in [-0.05, 0) is 43.4 Å². The molecule has 5 nitrogen and oxygen atoms in total. The molecule has 5 heteroatoms. The summed E-state index contributed by atoms with van der Waals surface area (Å²) < 4.78 is 1.99. The largest absolute Gasteiger partial charge is 0.351 e. The van der Waals surface area contributed by atoms with Gasteiger partial charge in [0.05, 0.1) is 11.6 Å². The van der Waals surface area contributed by atoms with E-state index in [1.807, 2.05) is 16.9 Å². The van der Waals surface area contributed by atoms with E-state index in [9.17, 15) is 5.26 Å². The second-order valence-electron chi connectivity index (χ2n) is 5.83.